The molecular formula is C23H19N7O4. The van der Waals surface area contributed by atoms with E-state index in [9.17, 15) is 20.0 Å². The van der Waals surface area contributed by atoms with Crippen LogP contribution in [0.4, 0.5) is 5.69 Å². The van der Waals surface area contributed by atoms with E-state index in [-0.39, 0.29) is 11.5 Å². The molecule has 0 saturated carbocycles. The van der Waals surface area contributed by atoms with E-state index in [4.69, 9.17) is 0 Å². The van der Waals surface area contributed by atoms with E-state index in [1.807, 2.05) is 0 Å². The van der Waals surface area contributed by atoms with E-state index in [2.05, 4.69) is 36.0 Å². The molecule has 11 heteroatoms. The Hall–Kier alpha value is -4.85. The lowest BCUT2D eigenvalue weighted by Gasteiger charge is -2.26. The monoisotopic (exact) mass is 457 g/mol. The lowest BCUT2D eigenvalue weighted by Crippen LogP contribution is -2.29. The number of anilines is 1. The van der Waals surface area contributed by atoms with Crippen molar-refractivity contribution in [1.82, 2.24) is 24.7 Å². The molecule has 3 heterocycles. The molecule has 0 aliphatic carbocycles. The maximum absolute atomic E-state index is 12.8. The summed E-state index contributed by atoms with van der Waals surface area (Å²) >= 11 is 0. The second-order valence-corrected chi connectivity index (χ2v) is 7.49. The van der Waals surface area contributed by atoms with Gasteiger partial charge in [-0.2, -0.15) is 5.26 Å². The molecule has 4 aromatic rings. The highest BCUT2D eigenvalue weighted by Crippen LogP contribution is 2.38. The van der Waals surface area contributed by atoms with Crippen LogP contribution in [0.5, 0.6) is 5.75 Å². The van der Waals surface area contributed by atoms with E-state index < -0.39 is 34.7 Å². The third-order valence-electron chi connectivity index (χ3n) is 5.43. The molecule has 0 radical (unpaired) electrons. The molecule has 3 aromatic heterocycles. The number of nitrogens with zero attached hydrogens (tertiary/aromatic N) is 6. The Morgan fingerprint density at radius 1 is 1.26 bits per heavy atom. The van der Waals surface area contributed by atoms with Gasteiger partial charge in [-0.15, -0.1) is 0 Å². The van der Waals surface area contributed by atoms with E-state index in [0.29, 0.717) is 16.8 Å². The number of aromatic hydroxyl groups is 1. The summed E-state index contributed by atoms with van der Waals surface area (Å²) in [5.74, 6) is -2.46. The number of nitriles is 1. The van der Waals surface area contributed by atoms with Crippen LogP contribution >= 0.6 is 0 Å². The van der Waals surface area contributed by atoms with Crippen molar-refractivity contribution in [3.05, 3.63) is 94.0 Å². The predicted octanol–water partition coefficient (Wildman–Crippen LogP) is 2.32. The molecule has 0 aliphatic heterocycles. The molecule has 0 aliphatic rings. The Morgan fingerprint density at radius 3 is 2.74 bits per heavy atom. The summed E-state index contributed by atoms with van der Waals surface area (Å²) in [6.45, 7) is 1.80. The zero-order valence-electron chi connectivity index (χ0n) is 18.2. The van der Waals surface area contributed by atoms with E-state index in [1.54, 1.807) is 37.4 Å². The first-order valence-corrected chi connectivity index (χ1v) is 10.2. The van der Waals surface area contributed by atoms with Crippen molar-refractivity contribution < 1.29 is 14.4 Å². The fourth-order valence-corrected chi connectivity index (χ4v) is 3.80. The molecule has 1 amide bonds. The molecule has 0 spiro atoms. The molecule has 2 N–H and O–H groups in total. The van der Waals surface area contributed by atoms with E-state index in [1.165, 1.54) is 36.5 Å². The number of amides is 1. The summed E-state index contributed by atoms with van der Waals surface area (Å²) in [5.41, 5.74) is 0.642. The summed E-state index contributed by atoms with van der Waals surface area (Å²) in [7, 11) is 1.45. The number of aromatic nitrogens is 5. The van der Waals surface area contributed by atoms with Crippen molar-refractivity contribution in [2.24, 2.45) is 7.05 Å². The third kappa shape index (κ3) is 4.12. The van der Waals surface area contributed by atoms with Gasteiger partial charge in [-0.3, -0.25) is 24.1 Å². The van der Waals surface area contributed by atoms with Crippen molar-refractivity contribution in [2.45, 2.75) is 18.8 Å². The fourth-order valence-electron chi connectivity index (χ4n) is 3.80. The highest BCUT2D eigenvalue weighted by Gasteiger charge is 2.31. The zero-order chi connectivity index (χ0) is 24.2. The number of nitrogens with one attached hydrogen (secondary N) is 1. The molecule has 34 heavy (non-hydrogen) atoms. The average Bonchev–Trinajstić information content (AvgIpc) is 3.36. The second-order valence-electron chi connectivity index (χ2n) is 7.49. The molecule has 2 atom stereocenters. The molecule has 11 nitrogen and oxygen atoms in total. The molecule has 1 aromatic carbocycles. The Morgan fingerprint density at radius 2 is 2.06 bits per heavy atom. The molecular weight excluding hydrogens is 438 g/mol. The molecule has 0 unspecified atom stereocenters. The maximum atomic E-state index is 12.8. The first kappa shape index (κ1) is 22.3. The summed E-state index contributed by atoms with van der Waals surface area (Å²) in [6.07, 6.45) is 7.10. The molecule has 4 rings (SSSR count). The fraction of sp³-hybridized carbons (Fsp3) is 0.174. The average molecular weight is 457 g/mol. The highest BCUT2D eigenvalue weighted by molar-refractivity contribution is 6.04. The van der Waals surface area contributed by atoms with Gasteiger partial charge >= 0.3 is 0 Å². The van der Waals surface area contributed by atoms with Gasteiger partial charge in [-0.25, -0.2) is 4.98 Å². The zero-order valence-corrected chi connectivity index (χ0v) is 18.2. The van der Waals surface area contributed by atoms with Crippen molar-refractivity contribution >= 4 is 11.6 Å². The van der Waals surface area contributed by atoms with E-state index in [0.717, 1.165) is 0 Å². The first-order chi connectivity index (χ1) is 16.4. The second kappa shape index (κ2) is 9.33. The van der Waals surface area contributed by atoms with Gasteiger partial charge in [-0.1, -0.05) is 30.3 Å². The minimum absolute atomic E-state index is 0.210. The highest BCUT2D eigenvalue weighted by atomic mass is 16.5. The van der Waals surface area contributed by atoms with Crippen LogP contribution in [0, 0.1) is 11.3 Å². The number of benzene rings is 1. The van der Waals surface area contributed by atoms with Gasteiger partial charge < -0.3 is 14.9 Å². The van der Waals surface area contributed by atoms with Crippen LogP contribution in [0.1, 0.15) is 51.9 Å². The van der Waals surface area contributed by atoms with Crippen LogP contribution in [-0.4, -0.2) is 35.7 Å². The molecule has 0 fully saturated rings. The SMILES string of the molecule is C[C@@H](c1nc(C(=O)Nc2cnoc2)c(O)c(=O)n1C)[C@H](c1cnccn1)c1ccccc1C#N. The summed E-state index contributed by atoms with van der Waals surface area (Å²) in [6, 6.07) is 9.22. The van der Waals surface area contributed by atoms with Crippen molar-refractivity contribution in [3.63, 3.8) is 0 Å². The van der Waals surface area contributed by atoms with Crippen molar-refractivity contribution in [1.29, 1.82) is 5.26 Å². The van der Waals surface area contributed by atoms with Gasteiger partial charge in [0.05, 0.1) is 23.5 Å². The van der Waals surface area contributed by atoms with E-state index >= 15 is 0 Å². The number of rotatable bonds is 6. The van der Waals surface area contributed by atoms with Crippen LogP contribution in [0.15, 0.2) is 64.6 Å². The predicted molar refractivity (Wildman–Crippen MR) is 119 cm³/mol. The molecule has 170 valence electrons. The summed E-state index contributed by atoms with van der Waals surface area (Å²) < 4.78 is 5.86. The quantitative estimate of drug-likeness (QED) is 0.443. The van der Waals surface area contributed by atoms with Gasteiger partial charge in [0.2, 0.25) is 5.75 Å². The van der Waals surface area contributed by atoms with Crippen LogP contribution in [0.25, 0.3) is 0 Å². The normalized spacial score (nSPS) is 12.5. The third-order valence-corrected chi connectivity index (χ3v) is 5.43. The number of hydrogen-bond acceptors (Lipinski definition) is 9. The minimum Gasteiger partial charge on any atom is -0.501 e. The van der Waals surface area contributed by atoms with Crippen LogP contribution in [-0.2, 0) is 7.05 Å². The topological polar surface area (TPSA) is 160 Å². The maximum Gasteiger partial charge on any atom is 0.296 e. The van der Waals surface area contributed by atoms with Gasteiger partial charge in [-0.05, 0) is 11.6 Å². The summed E-state index contributed by atoms with van der Waals surface area (Å²) in [5, 5.41) is 26.0. The Balaban J connectivity index is 1.86. The Bertz CT molecular complexity index is 1430. The van der Waals surface area contributed by atoms with Gasteiger partial charge in [0.1, 0.15) is 17.8 Å². The Labute approximate surface area is 193 Å². The largest absolute Gasteiger partial charge is 0.501 e. The van der Waals surface area contributed by atoms with Gasteiger partial charge in [0.25, 0.3) is 11.5 Å². The molecule has 0 bridgehead atoms. The lowest BCUT2D eigenvalue weighted by atomic mass is 9.82. The van der Waals surface area contributed by atoms with Crippen molar-refractivity contribution in [2.75, 3.05) is 5.32 Å². The van der Waals surface area contributed by atoms with Crippen LogP contribution in [0.3, 0.4) is 0 Å². The smallest absolute Gasteiger partial charge is 0.296 e. The van der Waals surface area contributed by atoms with Gasteiger partial charge in [0, 0.05) is 37.5 Å². The van der Waals surface area contributed by atoms with Crippen LogP contribution < -0.4 is 10.9 Å². The molecule has 0 saturated heterocycles. The van der Waals surface area contributed by atoms with Crippen molar-refractivity contribution in [3.8, 4) is 11.8 Å². The standard InChI is InChI=1S/C23H19N7O4/c1-13(18(17-11-25-7-8-26-17)16-6-4-3-5-14(16)9-24)21-29-19(20(31)23(33)30(21)2)22(32)28-15-10-27-34-12-15/h3-8,10-13,18,31H,1-2H3,(H,28,32)/t13-,18+/m1/s1. The van der Waals surface area contributed by atoms with Gasteiger partial charge in [0.15, 0.2) is 5.69 Å². The minimum atomic E-state index is -0.805. The Kier molecular flexibility index (Phi) is 6.13. The summed E-state index contributed by atoms with van der Waals surface area (Å²) in [4.78, 5) is 38.5. The first-order valence-electron chi connectivity index (χ1n) is 10.2. The number of carbonyl (C=O) groups is 1. The van der Waals surface area contributed by atoms with Crippen LogP contribution in [0.2, 0.25) is 0 Å². The number of hydrogen-bond donors (Lipinski definition) is 2. The number of carbonyl (C=O) groups excluding carboxylic acids is 1. The lowest BCUT2D eigenvalue weighted by molar-refractivity contribution is 0.101.